The molecular weight excluding hydrogens is 466 g/mol. The number of nitrogens with two attached hydrogens (primary N) is 2. The number of carboxylic acid groups (broad SMARTS) is 1. The lowest BCUT2D eigenvalue weighted by atomic mass is 10.0. The summed E-state index contributed by atoms with van der Waals surface area (Å²) in [7, 11) is 0. The van der Waals surface area contributed by atoms with Gasteiger partial charge in [0.15, 0.2) is 0 Å². The molecule has 0 saturated carbocycles. The van der Waals surface area contributed by atoms with Crippen molar-refractivity contribution in [2.45, 2.75) is 49.9 Å². The smallest absolute Gasteiger partial charge is 0.326 e. The minimum absolute atomic E-state index is 0.00298. The minimum Gasteiger partial charge on any atom is -0.508 e. The fourth-order valence-electron chi connectivity index (χ4n) is 2.93. The molecule has 0 bridgehead atoms. The van der Waals surface area contributed by atoms with Crippen LogP contribution in [0.3, 0.4) is 0 Å². The van der Waals surface area contributed by atoms with E-state index in [1.54, 1.807) is 0 Å². The van der Waals surface area contributed by atoms with Crippen LogP contribution >= 0.6 is 12.6 Å². The van der Waals surface area contributed by atoms with Gasteiger partial charge in [-0.05, 0) is 43.5 Å². The molecule has 1 aromatic carbocycles. The number of hydrogen-bond donors (Lipinski definition) is 9. The summed E-state index contributed by atoms with van der Waals surface area (Å²) < 4.78 is 0. The first kappa shape index (κ1) is 29.2. The summed E-state index contributed by atoms with van der Waals surface area (Å²) in [5.74, 6) is -3.56. The fraction of sp³-hybridized carbons (Fsp3) is 0.524. The summed E-state index contributed by atoms with van der Waals surface area (Å²) >= 11 is 3.91. The Hall–Kier alpha value is -2.87. The zero-order valence-corrected chi connectivity index (χ0v) is 19.5. The molecule has 0 spiro atoms. The van der Waals surface area contributed by atoms with E-state index in [1.165, 1.54) is 24.3 Å². The molecule has 4 atom stereocenters. The maximum absolute atomic E-state index is 12.9. The molecule has 0 heterocycles. The Labute approximate surface area is 202 Å². The van der Waals surface area contributed by atoms with Crippen molar-refractivity contribution in [2.24, 2.45) is 11.5 Å². The summed E-state index contributed by atoms with van der Waals surface area (Å²) in [5, 5.41) is 35.6. The highest BCUT2D eigenvalue weighted by molar-refractivity contribution is 7.80. The molecule has 3 amide bonds. The normalized spacial score (nSPS) is 14.4. The van der Waals surface area contributed by atoms with Gasteiger partial charge in [-0.3, -0.25) is 14.4 Å². The van der Waals surface area contributed by atoms with Gasteiger partial charge in [0.25, 0.3) is 0 Å². The molecule has 12 nitrogen and oxygen atoms in total. The molecule has 0 aliphatic rings. The summed E-state index contributed by atoms with van der Waals surface area (Å²) in [6.45, 7) is -0.383. The lowest BCUT2D eigenvalue weighted by Gasteiger charge is -2.24. The summed E-state index contributed by atoms with van der Waals surface area (Å²) in [5.41, 5.74) is 11.6. The molecular formula is C21H33N5O7S. The largest absolute Gasteiger partial charge is 0.508 e. The number of phenols is 1. The zero-order valence-electron chi connectivity index (χ0n) is 18.6. The number of amides is 3. The minimum atomic E-state index is -1.40. The van der Waals surface area contributed by atoms with Crippen molar-refractivity contribution in [2.75, 3.05) is 18.9 Å². The second-order valence-electron chi connectivity index (χ2n) is 7.65. The molecule has 10 N–H and O–H groups in total. The van der Waals surface area contributed by atoms with E-state index < -0.39 is 54.5 Å². The van der Waals surface area contributed by atoms with Crippen molar-refractivity contribution in [1.29, 1.82) is 0 Å². The standard InChI is InChI=1S/C21H33N5O7S/c22-8-2-1-3-15(21(32)33)24-19(30)16(9-12-4-6-13(28)7-5-12)25-20(31)17(10-27)26-18(29)14(23)11-34/h4-7,14-17,27-28,34H,1-3,8-11,22-23H2,(H,24,30)(H,25,31)(H,26,29)(H,32,33). The number of carboxylic acids is 1. The van der Waals surface area contributed by atoms with Gasteiger partial charge in [-0.25, -0.2) is 4.79 Å². The number of aliphatic hydroxyl groups is 1. The van der Waals surface area contributed by atoms with Gasteiger partial charge in [0.2, 0.25) is 17.7 Å². The van der Waals surface area contributed by atoms with Gasteiger partial charge in [-0.15, -0.1) is 0 Å². The molecule has 1 rings (SSSR count). The summed E-state index contributed by atoms with van der Waals surface area (Å²) in [4.78, 5) is 49.2. The van der Waals surface area contributed by atoms with Crippen LogP contribution in [-0.4, -0.2) is 82.1 Å². The van der Waals surface area contributed by atoms with Gasteiger partial charge in [-0.1, -0.05) is 12.1 Å². The molecule has 0 fully saturated rings. The van der Waals surface area contributed by atoms with Crippen molar-refractivity contribution in [1.82, 2.24) is 16.0 Å². The molecule has 1 aromatic rings. The summed E-state index contributed by atoms with van der Waals surface area (Å²) in [6.07, 6.45) is 1.16. The van der Waals surface area contributed by atoms with Crippen LogP contribution in [0.25, 0.3) is 0 Å². The van der Waals surface area contributed by atoms with E-state index in [4.69, 9.17) is 11.5 Å². The van der Waals surface area contributed by atoms with Crippen LogP contribution in [0.4, 0.5) is 0 Å². The van der Waals surface area contributed by atoms with Gasteiger partial charge >= 0.3 is 5.97 Å². The predicted molar refractivity (Wildman–Crippen MR) is 127 cm³/mol. The number of nitrogens with one attached hydrogen (secondary N) is 3. The number of benzene rings is 1. The average Bonchev–Trinajstić information content (AvgIpc) is 2.81. The Bertz CT molecular complexity index is 824. The van der Waals surface area contributed by atoms with Gasteiger partial charge < -0.3 is 42.7 Å². The predicted octanol–water partition coefficient (Wildman–Crippen LogP) is -2.15. The Morgan fingerprint density at radius 2 is 1.47 bits per heavy atom. The Morgan fingerprint density at radius 3 is 2.00 bits per heavy atom. The third kappa shape index (κ3) is 9.95. The third-order valence-corrected chi connectivity index (χ3v) is 5.31. The number of carbonyl (C=O) groups is 4. The van der Waals surface area contributed by atoms with Crippen LogP contribution in [0, 0.1) is 0 Å². The molecule has 0 aliphatic heterocycles. The fourth-order valence-corrected chi connectivity index (χ4v) is 3.09. The van der Waals surface area contributed by atoms with E-state index in [2.05, 4.69) is 28.6 Å². The lowest BCUT2D eigenvalue weighted by molar-refractivity contribution is -0.142. The molecule has 4 unspecified atom stereocenters. The van der Waals surface area contributed by atoms with Crippen LogP contribution in [0.1, 0.15) is 24.8 Å². The quantitative estimate of drug-likeness (QED) is 0.0948. The maximum atomic E-state index is 12.9. The number of hydrogen-bond acceptors (Lipinski definition) is 9. The number of carbonyl (C=O) groups excluding carboxylic acids is 3. The van der Waals surface area contributed by atoms with Crippen LogP contribution in [0.5, 0.6) is 5.75 Å². The van der Waals surface area contributed by atoms with E-state index in [0.29, 0.717) is 24.9 Å². The SMILES string of the molecule is NCCCCC(NC(=O)C(Cc1ccc(O)cc1)NC(=O)C(CO)NC(=O)C(N)CS)C(=O)O. The number of phenolic OH excluding ortho intramolecular Hbond substituents is 1. The van der Waals surface area contributed by atoms with Crippen LogP contribution < -0.4 is 27.4 Å². The number of aromatic hydroxyl groups is 1. The Kier molecular flexibility index (Phi) is 13.0. The molecule has 0 aliphatic carbocycles. The highest BCUT2D eigenvalue weighted by Gasteiger charge is 2.30. The first-order valence-corrected chi connectivity index (χ1v) is 11.3. The maximum Gasteiger partial charge on any atom is 0.326 e. The highest BCUT2D eigenvalue weighted by Crippen LogP contribution is 2.12. The van der Waals surface area contributed by atoms with Crippen LogP contribution in [0.15, 0.2) is 24.3 Å². The highest BCUT2D eigenvalue weighted by atomic mass is 32.1. The first-order valence-electron chi connectivity index (χ1n) is 10.7. The van der Waals surface area contributed by atoms with Gasteiger partial charge in [0.05, 0.1) is 12.6 Å². The first-order chi connectivity index (χ1) is 16.1. The number of unbranched alkanes of at least 4 members (excludes halogenated alkanes) is 1. The number of rotatable bonds is 15. The number of thiol groups is 1. The van der Waals surface area contributed by atoms with E-state index in [0.717, 1.165) is 0 Å². The molecule has 0 saturated heterocycles. The monoisotopic (exact) mass is 499 g/mol. The lowest BCUT2D eigenvalue weighted by Crippen LogP contribution is -2.58. The van der Waals surface area contributed by atoms with E-state index >= 15 is 0 Å². The van der Waals surface area contributed by atoms with Crippen molar-refractivity contribution in [3.05, 3.63) is 29.8 Å². The van der Waals surface area contributed by atoms with Crippen molar-refractivity contribution < 1.29 is 34.5 Å². The van der Waals surface area contributed by atoms with E-state index in [1.807, 2.05) is 0 Å². The van der Waals surface area contributed by atoms with Crippen molar-refractivity contribution in [3.63, 3.8) is 0 Å². The second kappa shape index (κ2) is 15.1. The summed E-state index contributed by atoms with van der Waals surface area (Å²) in [6, 6.07) is 1.03. The van der Waals surface area contributed by atoms with Gasteiger partial charge in [-0.2, -0.15) is 12.6 Å². The van der Waals surface area contributed by atoms with Crippen LogP contribution in [-0.2, 0) is 25.6 Å². The molecule has 0 radical (unpaired) electrons. The van der Waals surface area contributed by atoms with Gasteiger partial charge in [0.1, 0.15) is 23.9 Å². The Morgan fingerprint density at radius 1 is 0.912 bits per heavy atom. The Balaban J connectivity index is 3.02. The van der Waals surface area contributed by atoms with E-state index in [-0.39, 0.29) is 24.3 Å². The molecule has 190 valence electrons. The van der Waals surface area contributed by atoms with E-state index in [9.17, 15) is 34.5 Å². The van der Waals surface area contributed by atoms with Crippen molar-refractivity contribution in [3.8, 4) is 5.75 Å². The molecule has 34 heavy (non-hydrogen) atoms. The zero-order chi connectivity index (χ0) is 25.7. The topological polar surface area (TPSA) is 217 Å². The number of aliphatic hydroxyl groups excluding tert-OH is 1. The molecule has 0 aromatic heterocycles. The molecule has 13 heteroatoms. The van der Waals surface area contributed by atoms with Crippen LogP contribution in [0.2, 0.25) is 0 Å². The average molecular weight is 500 g/mol. The third-order valence-electron chi connectivity index (χ3n) is 4.92. The number of aliphatic carboxylic acids is 1. The van der Waals surface area contributed by atoms with Gasteiger partial charge in [0, 0.05) is 12.2 Å². The second-order valence-corrected chi connectivity index (χ2v) is 8.01. The van der Waals surface area contributed by atoms with Crippen molar-refractivity contribution >= 4 is 36.3 Å².